The summed E-state index contributed by atoms with van der Waals surface area (Å²) >= 11 is 0. The van der Waals surface area contributed by atoms with Crippen LogP contribution < -0.4 is 4.90 Å². The second kappa shape index (κ2) is 5.22. The van der Waals surface area contributed by atoms with Crippen LogP contribution in [0.5, 0.6) is 0 Å². The number of hydrogen-bond acceptors (Lipinski definition) is 2. The van der Waals surface area contributed by atoms with Gasteiger partial charge in [0.1, 0.15) is 0 Å². The zero-order valence-corrected chi connectivity index (χ0v) is 11.4. The fraction of sp³-hybridized carbons (Fsp3) is 0.167. The fourth-order valence-electron chi connectivity index (χ4n) is 2.81. The number of benzene rings is 2. The van der Waals surface area contributed by atoms with Crippen molar-refractivity contribution in [2.45, 2.75) is 11.8 Å². The van der Waals surface area contributed by atoms with Crippen molar-refractivity contribution < 1.29 is 0 Å². The van der Waals surface area contributed by atoms with Crippen molar-refractivity contribution in [1.82, 2.24) is 0 Å². The maximum absolute atomic E-state index is 9.63. The molecule has 2 aromatic carbocycles. The van der Waals surface area contributed by atoms with Crippen LogP contribution in [0, 0.1) is 11.3 Å². The highest BCUT2D eigenvalue weighted by molar-refractivity contribution is 5.61. The van der Waals surface area contributed by atoms with E-state index in [1.165, 1.54) is 11.3 Å². The fourth-order valence-corrected chi connectivity index (χ4v) is 2.81. The van der Waals surface area contributed by atoms with Crippen LogP contribution >= 0.6 is 0 Å². The highest BCUT2D eigenvalue weighted by Crippen LogP contribution is 2.40. The number of allylic oxidation sites excluding steroid dienone is 1. The number of fused-ring (bicyclic) bond motifs is 1. The summed E-state index contributed by atoms with van der Waals surface area (Å²) in [5.74, 6) is -0.0444. The molecule has 0 saturated heterocycles. The third-order valence-electron chi connectivity index (χ3n) is 3.85. The summed E-state index contributed by atoms with van der Waals surface area (Å²) < 4.78 is 0. The molecule has 20 heavy (non-hydrogen) atoms. The molecule has 1 heterocycles. The van der Waals surface area contributed by atoms with Crippen molar-refractivity contribution in [3.05, 3.63) is 78.0 Å². The van der Waals surface area contributed by atoms with Crippen molar-refractivity contribution in [2.75, 3.05) is 11.9 Å². The van der Waals surface area contributed by atoms with Crippen molar-refractivity contribution in [3.8, 4) is 6.07 Å². The smallest absolute Gasteiger partial charge is 0.0817 e. The molecule has 0 aromatic heterocycles. The molecule has 2 aromatic rings. The monoisotopic (exact) mass is 260 g/mol. The second-order valence-corrected chi connectivity index (χ2v) is 5.05. The Labute approximate surface area is 119 Å². The van der Waals surface area contributed by atoms with E-state index < -0.39 is 0 Å². The molecular weight excluding hydrogens is 244 g/mol. The topological polar surface area (TPSA) is 27.0 Å². The molecule has 0 saturated carbocycles. The summed E-state index contributed by atoms with van der Waals surface area (Å²) in [6.45, 7) is 0. The number of para-hydroxylation sites is 1. The Morgan fingerprint density at radius 2 is 1.75 bits per heavy atom. The van der Waals surface area contributed by atoms with Gasteiger partial charge >= 0.3 is 0 Å². The SMILES string of the molecule is CN1C=C[C@@H]([C@H](C#N)c2ccccc2)c2ccccc21. The van der Waals surface area contributed by atoms with Gasteiger partial charge in [-0.2, -0.15) is 5.26 Å². The van der Waals surface area contributed by atoms with Crippen LogP contribution in [0.15, 0.2) is 66.9 Å². The molecule has 0 aliphatic carbocycles. The first kappa shape index (κ1) is 12.5. The summed E-state index contributed by atoms with van der Waals surface area (Å²) in [6, 6.07) is 20.8. The lowest BCUT2D eigenvalue weighted by atomic mass is 9.80. The lowest BCUT2D eigenvalue weighted by Crippen LogP contribution is -2.20. The van der Waals surface area contributed by atoms with E-state index in [9.17, 15) is 5.26 Å². The summed E-state index contributed by atoms with van der Waals surface area (Å²) in [4.78, 5) is 2.10. The molecule has 0 bridgehead atoms. The first-order chi connectivity index (χ1) is 9.81. The second-order valence-electron chi connectivity index (χ2n) is 5.05. The Morgan fingerprint density at radius 3 is 2.50 bits per heavy atom. The van der Waals surface area contributed by atoms with Gasteiger partial charge in [-0.15, -0.1) is 0 Å². The molecule has 0 spiro atoms. The van der Waals surface area contributed by atoms with E-state index in [1.807, 2.05) is 49.5 Å². The van der Waals surface area contributed by atoms with E-state index >= 15 is 0 Å². The van der Waals surface area contributed by atoms with Crippen molar-refractivity contribution in [2.24, 2.45) is 0 Å². The lowest BCUT2D eigenvalue weighted by molar-refractivity contribution is 0.736. The normalized spacial score (nSPS) is 18.2. The summed E-state index contributed by atoms with van der Waals surface area (Å²) in [5, 5.41) is 9.63. The van der Waals surface area contributed by atoms with Crippen LogP contribution in [0.25, 0.3) is 0 Å². The molecule has 0 radical (unpaired) electrons. The first-order valence-corrected chi connectivity index (χ1v) is 6.76. The van der Waals surface area contributed by atoms with Gasteiger partial charge < -0.3 is 4.90 Å². The number of rotatable bonds is 2. The Bertz CT molecular complexity index is 667. The summed E-state index contributed by atoms with van der Waals surface area (Å²) in [6.07, 6.45) is 4.18. The maximum atomic E-state index is 9.63. The number of nitriles is 1. The predicted molar refractivity (Wildman–Crippen MR) is 81.5 cm³/mol. The highest BCUT2D eigenvalue weighted by Gasteiger charge is 2.27. The van der Waals surface area contributed by atoms with Gasteiger partial charge in [0.25, 0.3) is 0 Å². The standard InChI is InChI=1S/C18H16N2/c1-20-12-11-15(16-9-5-6-10-18(16)20)17(13-19)14-7-3-2-4-8-14/h2-12,15,17H,1H3/t15-,17-/m1/s1. The van der Waals surface area contributed by atoms with Gasteiger partial charge in [0.05, 0.1) is 12.0 Å². The Hall–Kier alpha value is -2.53. The maximum Gasteiger partial charge on any atom is 0.0817 e. The van der Waals surface area contributed by atoms with Gasteiger partial charge in [-0.25, -0.2) is 0 Å². The molecule has 1 aliphatic rings. The average molecular weight is 260 g/mol. The molecule has 0 fully saturated rings. The van der Waals surface area contributed by atoms with Gasteiger partial charge in [-0.3, -0.25) is 0 Å². The molecule has 2 heteroatoms. The minimum atomic E-state index is -0.151. The highest BCUT2D eigenvalue weighted by atomic mass is 15.1. The van der Waals surface area contributed by atoms with Gasteiger partial charge in [-0.1, -0.05) is 54.6 Å². The van der Waals surface area contributed by atoms with E-state index in [0.29, 0.717) is 0 Å². The van der Waals surface area contributed by atoms with Crippen LogP contribution in [-0.4, -0.2) is 7.05 Å². The molecule has 1 aliphatic heterocycles. The number of hydrogen-bond donors (Lipinski definition) is 0. The molecule has 0 unspecified atom stereocenters. The average Bonchev–Trinajstić information content (AvgIpc) is 2.52. The van der Waals surface area contributed by atoms with E-state index in [2.05, 4.69) is 35.4 Å². The van der Waals surface area contributed by atoms with E-state index in [4.69, 9.17) is 0 Å². The summed E-state index contributed by atoms with van der Waals surface area (Å²) in [7, 11) is 2.04. The zero-order valence-electron chi connectivity index (χ0n) is 11.4. The molecule has 0 N–H and O–H groups in total. The van der Waals surface area contributed by atoms with Gasteiger partial charge in [0, 0.05) is 24.9 Å². The van der Waals surface area contributed by atoms with E-state index in [1.54, 1.807) is 0 Å². The summed E-state index contributed by atoms with van der Waals surface area (Å²) in [5.41, 5.74) is 3.47. The van der Waals surface area contributed by atoms with Crippen molar-refractivity contribution in [3.63, 3.8) is 0 Å². The van der Waals surface area contributed by atoms with Crippen molar-refractivity contribution >= 4 is 5.69 Å². The van der Waals surface area contributed by atoms with Crippen LogP contribution in [0.2, 0.25) is 0 Å². The Balaban J connectivity index is 2.06. The van der Waals surface area contributed by atoms with Crippen LogP contribution in [-0.2, 0) is 0 Å². The third-order valence-corrected chi connectivity index (χ3v) is 3.85. The molecule has 2 nitrogen and oxygen atoms in total. The number of nitrogens with zero attached hydrogens (tertiary/aromatic N) is 2. The number of anilines is 1. The molecular formula is C18H16N2. The lowest BCUT2D eigenvalue weighted by Gasteiger charge is -2.30. The quantitative estimate of drug-likeness (QED) is 0.814. The van der Waals surface area contributed by atoms with Crippen LogP contribution in [0.3, 0.4) is 0 Å². The van der Waals surface area contributed by atoms with Crippen molar-refractivity contribution in [1.29, 1.82) is 5.26 Å². The van der Waals surface area contributed by atoms with Gasteiger partial charge in [0.15, 0.2) is 0 Å². The molecule has 98 valence electrons. The molecule has 0 amide bonds. The predicted octanol–water partition coefficient (Wildman–Crippen LogP) is 4.04. The van der Waals surface area contributed by atoms with Gasteiger partial charge in [0.2, 0.25) is 0 Å². The van der Waals surface area contributed by atoms with Crippen LogP contribution in [0.4, 0.5) is 5.69 Å². The largest absolute Gasteiger partial charge is 0.351 e. The Morgan fingerprint density at radius 1 is 1.05 bits per heavy atom. The van der Waals surface area contributed by atoms with Crippen LogP contribution in [0.1, 0.15) is 23.0 Å². The third kappa shape index (κ3) is 2.08. The minimum absolute atomic E-state index is 0.106. The zero-order chi connectivity index (χ0) is 13.9. The molecule has 3 rings (SSSR count). The van der Waals surface area contributed by atoms with E-state index in [-0.39, 0.29) is 11.8 Å². The minimum Gasteiger partial charge on any atom is -0.351 e. The Kier molecular flexibility index (Phi) is 3.26. The first-order valence-electron chi connectivity index (χ1n) is 6.76. The van der Waals surface area contributed by atoms with Gasteiger partial charge in [-0.05, 0) is 17.2 Å². The van der Waals surface area contributed by atoms with E-state index in [0.717, 1.165) is 5.56 Å². The molecule has 2 atom stereocenters.